The molecule has 27 heavy (non-hydrogen) atoms. The summed E-state index contributed by atoms with van der Waals surface area (Å²) in [5.41, 5.74) is 1.53. The number of anilines is 1. The van der Waals surface area contributed by atoms with E-state index in [1.54, 1.807) is 24.6 Å². The molecular weight excluding hydrogens is 343 g/mol. The largest absolute Gasteiger partial charge is 0.464 e. The molecule has 0 bridgehead atoms. The minimum absolute atomic E-state index is 0.328. The molecule has 1 aromatic carbocycles. The maximum atomic E-state index is 15.1. The van der Waals surface area contributed by atoms with E-state index in [-0.39, 0.29) is 5.82 Å². The number of hydrogen-bond donors (Lipinski definition) is 2. The van der Waals surface area contributed by atoms with Crippen LogP contribution in [-0.4, -0.2) is 21.2 Å². The van der Waals surface area contributed by atoms with Crippen molar-refractivity contribution in [2.75, 3.05) is 5.32 Å². The molecule has 0 amide bonds. The van der Waals surface area contributed by atoms with Crippen molar-refractivity contribution < 1.29 is 13.9 Å². The highest BCUT2D eigenvalue weighted by atomic mass is 19.1. The first kappa shape index (κ1) is 16.8. The highest BCUT2D eigenvalue weighted by molar-refractivity contribution is 5.92. The van der Waals surface area contributed by atoms with Crippen LogP contribution in [0.25, 0.3) is 22.2 Å². The van der Waals surface area contributed by atoms with Crippen LogP contribution in [0.15, 0.2) is 41.1 Å². The molecule has 4 nitrogen and oxygen atoms in total. The number of aliphatic hydroxyl groups is 1. The summed E-state index contributed by atoms with van der Waals surface area (Å²) in [6, 6.07) is 7.01. The molecule has 1 aliphatic carbocycles. The summed E-state index contributed by atoms with van der Waals surface area (Å²) in [4.78, 5) is 4.43. The van der Waals surface area contributed by atoms with Gasteiger partial charge >= 0.3 is 0 Å². The standard InChI is InChI=1S/C22H23FN2O2/c1-20(2)22(26)8-4-7-21(22,3)15-11-14(16(23)12-17(15)25-20)19-13-6-10-27-18(13)5-9-24-19/h5-6,9-12,25-26H,4,7-8H2,1-3H3. The third-order valence-corrected chi connectivity index (χ3v) is 6.95. The molecule has 2 atom stereocenters. The van der Waals surface area contributed by atoms with Gasteiger partial charge in [0.1, 0.15) is 11.4 Å². The maximum Gasteiger partial charge on any atom is 0.137 e. The summed E-state index contributed by atoms with van der Waals surface area (Å²) in [7, 11) is 0. The Bertz CT molecular complexity index is 1070. The van der Waals surface area contributed by atoms with Gasteiger partial charge in [-0.1, -0.05) is 6.92 Å². The lowest BCUT2D eigenvalue weighted by molar-refractivity contribution is -0.0628. The molecule has 5 heteroatoms. The number of furan rings is 1. The van der Waals surface area contributed by atoms with Crippen LogP contribution < -0.4 is 5.32 Å². The van der Waals surface area contributed by atoms with Crippen LogP contribution in [0.4, 0.5) is 10.1 Å². The van der Waals surface area contributed by atoms with Gasteiger partial charge in [-0.3, -0.25) is 4.98 Å². The van der Waals surface area contributed by atoms with Gasteiger partial charge in [-0.25, -0.2) is 4.39 Å². The van der Waals surface area contributed by atoms with Crippen molar-refractivity contribution in [2.45, 2.75) is 56.6 Å². The molecule has 1 fully saturated rings. The zero-order valence-corrected chi connectivity index (χ0v) is 15.8. The molecule has 2 unspecified atom stereocenters. The topological polar surface area (TPSA) is 58.3 Å². The van der Waals surface area contributed by atoms with Crippen LogP contribution >= 0.6 is 0 Å². The van der Waals surface area contributed by atoms with Gasteiger partial charge in [-0.15, -0.1) is 0 Å². The van der Waals surface area contributed by atoms with E-state index in [1.807, 2.05) is 26.0 Å². The molecule has 140 valence electrons. The lowest BCUT2D eigenvalue weighted by Gasteiger charge is -2.55. The minimum Gasteiger partial charge on any atom is -0.464 e. The second-order valence-electron chi connectivity index (χ2n) is 8.67. The Morgan fingerprint density at radius 3 is 2.81 bits per heavy atom. The number of pyridine rings is 1. The minimum atomic E-state index is -0.892. The van der Waals surface area contributed by atoms with Gasteiger partial charge in [0.05, 0.1) is 23.1 Å². The fourth-order valence-electron chi connectivity index (χ4n) is 5.40. The molecule has 0 radical (unpaired) electrons. The van der Waals surface area contributed by atoms with Crippen LogP contribution in [0.5, 0.6) is 0 Å². The van der Waals surface area contributed by atoms with Crippen LogP contribution in [0, 0.1) is 5.82 Å². The van der Waals surface area contributed by atoms with E-state index < -0.39 is 16.6 Å². The van der Waals surface area contributed by atoms with E-state index in [2.05, 4.69) is 17.2 Å². The number of aromatic nitrogens is 1. The highest BCUT2D eigenvalue weighted by Gasteiger charge is 2.62. The molecule has 2 aromatic heterocycles. The summed E-state index contributed by atoms with van der Waals surface area (Å²) in [5, 5.41) is 15.8. The molecule has 5 rings (SSSR count). The lowest BCUT2D eigenvalue weighted by Crippen LogP contribution is -2.65. The summed E-state index contributed by atoms with van der Waals surface area (Å²) in [6.07, 6.45) is 5.77. The molecule has 1 aliphatic heterocycles. The van der Waals surface area contributed by atoms with Crippen molar-refractivity contribution in [1.82, 2.24) is 4.98 Å². The van der Waals surface area contributed by atoms with Gasteiger partial charge in [-0.05, 0) is 62.9 Å². The smallest absolute Gasteiger partial charge is 0.137 e. The second kappa shape index (κ2) is 5.10. The van der Waals surface area contributed by atoms with Gasteiger partial charge in [0.25, 0.3) is 0 Å². The zero-order chi connectivity index (χ0) is 19.0. The van der Waals surface area contributed by atoms with E-state index in [9.17, 15) is 5.11 Å². The third kappa shape index (κ3) is 1.98. The van der Waals surface area contributed by atoms with E-state index in [4.69, 9.17) is 4.42 Å². The highest BCUT2D eigenvalue weighted by Crippen LogP contribution is 2.59. The van der Waals surface area contributed by atoms with Gasteiger partial charge < -0.3 is 14.8 Å². The van der Waals surface area contributed by atoms with Crippen molar-refractivity contribution >= 4 is 16.7 Å². The van der Waals surface area contributed by atoms with Gasteiger partial charge in [0.15, 0.2) is 0 Å². The van der Waals surface area contributed by atoms with Crippen molar-refractivity contribution in [3.63, 3.8) is 0 Å². The maximum absolute atomic E-state index is 15.1. The zero-order valence-electron chi connectivity index (χ0n) is 15.8. The molecular formula is C22H23FN2O2. The average molecular weight is 366 g/mol. The number of nitrogens with zero attached hydrogens (tertiary/aromatic N) is 1. The molecule has 2 aliphatic rings. The predicted octanol–water partition coefficient (Wildman–Crippen LogP) is 5.01. The normalized spacial score (nSPS) is 28.6. The fraction of sp³-hybridized carbons (Fsp3) is 0.409. The molecule has 2 N–H and O–H groups in total. The first-order valence-corrected chi connectivity index (χ1v) is 9.44. The van der Waals surface area contributed by atoms with Crippen LogP contribution in [0.1, 0.15) is 45.6 Å². The first-order chi connectivity index (χ1) is 12.8. The van der Waals surface area contributed by atoms with Crippen LogP contribution in [-0.2, 0) is 5.41 Å². The van der Waals surface area contributed by atoms with E-state index in [0.29, 0.717) is 16.8 Å². The van der Waals surface area contributed by atoms with Crippen molar-refractivity contribution in [1.29, 1.82) is 0 Å². The average Bonchev–Trinajstić information content (AvgIpc) is 3.20. The Balaban J connectivity index is 1.78. The Kier molecular flexibility index (Phi) is 3.17. The Hall–Kier alpha value is -2.40. The lowest BCUT2D eigenvalue weighted by atomic mass is 9.60. The van der Waals surface area contributed by atoms with Gasteiger partial charge in [-0.2, -0.15) is 0 Å². The van der Waals surface area contributed by atoms with E-state index in [1.165, 1.54) is 0 Å². The SMILES string of the molecule is CC1(C)Nc2cc(F)c(-c3nccc4occc34)cc2C2(C)CCCC12O. The summed E-state index contributed by atoms with van der Waals surface area (Å²) >= 11 is 0. The molecule has 3 heterocycles. The quantitative estimate of drug-likeness (QED) is 0.635. The number of fused-ring (bicyclic) bond motifs is 4. The number of hydrogen-bond acceptors (Lipinski definition) is 4. The van der Waals surface area contributed by atoms with Gasteiger partial charge in [0.2, 0.25) is 0 Å². The van der Waals surface area contributed by atoms with Crippen LogP contribution in [0.3, 0.4) is 0 Å². The first-order valence-electron chi connectivity index (χ1n) is 9.44. The Labute approximate surface area is 157 Å². The summed E-state index contributed by atoms with van der Waals surface area (Å²) in [5.74, 6) is -0.328. The van der Waals surface area contributed by atoms with Crippen LogP contribution in [0.2, 0.25) is 0 Å². The monoisotopic (exact) mass is 366 g/mol. The van der Waals surface area contributed by atoms with Crippen molar-refractivity contribution in [3.05, 3.63) is 48.1 Å². The molecule has 3 aromatic rings. The van der Waals surface area contributed by atoms with Crippen molar-refractivity contribution in [3.8, 4) is 11.3 Å². The van der Waals surface area contributed by atoms with Gasteiger partial charge in [0, 0.05) is 28.2 Å². The number of nitrogens with one attached hydrogen (secondary N) is 1. The fourth-order valence-corrected chi connectivity index (χ4v) is 5.40. The molecule has 1 saturated carbocycles. The van der Waals surface area contributed by atoms with E-state index >= 15 is 4.39 Å². The third-order valence-electron chi connectivity index (χ3n) is 6.95. The molecule has 0 saturated heterocycles. The number of benzene rings is 1. The predicted molar refractivity (Wildman–Crippen MR) is 103 cm³/mol. The number of rotatable bonds is 1. The Morgan fingerprint density at radius 1 is 1.19 bits per heavy atom. The number of halogens is 1. The van der Waals surface area contributed by atoms with E-state index in [0.717, 1.165) is 35.9 Å². The summed E-state index contributed by atoms with van der Waals surface area (Å²) in [6.45, 7) is 6.10. The van der Waals surface area contributed by atoms with Crippen molar-refractivity contribution in [2.24, 2.45) is 0 Å². The Morgan fingerprint density at radius 2 is 2.00 bits per heavy atom. The molecule has 0 spiro atoms. The summed E-state index contributed by atoms with van der Waals surface area (Å²) < 4.78 is 20.6. The second-order valence-corrected chi connectivity index (χ2v) is 8.67.